The molecule has 1 aromatic carbocycles. The molecule has 0 bridgehead atoms. The molecular weight excluding hydrogens is 238 g/mol. The first-order valence-electron chi connectivity index (χ1n) is 7.09. The summed E-state index contributed by atoms with van der Waals surface area (Å²) < 4.78 is 0. The third kappa shape index (κ3) is 5.92. The number of benzene rings is 1. The highest BCUT2D eigenvalue weighted by Crippen LogP contribution is 2.23. The lowest BCUT2D eigenvalue weighted by atomic mass is 10.1. The Morgan fingerprint density at radius 2 is 2.00 bits per heavy atom. The van der Waals surface area contributed by atoms with E-state index in [0.717, 1.165) is 12.5 Å². The van der Waals surface area contributed by atoms with E-state index in [1.807, 2.05) is 11.8 Å². The lowest BCUT2D eigenvalue weighted by molar-refractivity contribution is 0.579. The van der Waals surface area contributed by atoms with Gasteiger partial charge in [0.2, 0.25) is 0 Å². The van der Waals surface area contributed by atoms with Crippen LogP contribution in [0.3, 0.4) is 0 Å². The highest BCUT2D eigenvalue weighted by molar-refractivity contribution is 7.99. The fourth-order valence-corrected chi connectivity index (χ4v) is 2.92. The van der Waals surface area contributed by atoms with Gasteiger partial charge < -0.3 is 5.32 Å². The highest BCUT2D eigenvalue weighted by atomic mass is 32.2. The minimum atomic E-state index is 0.450. The van der Waals surface area contributed by atoms with Gasteiger partial charge in [-0.1, -0.05) is 39.3 Å². The number of hydrogen-bond acceptors (Lipinski definition) is 2. The number of rotatable bonds is 8. The number of nitrogens with one attached hydrogen (secondary N) is 1. The summed E-state index contributed by atoms with van der Waals surface area (Å²) >= 11 is 1.98. The summed E-state index contributed by atoms with van der Waals surface area (Å²) in [5, 5.41) is 3.46. The molecule has 0 saturated carbocycles. The Kier molecular flexibility index (Phi) is 7.45. The van der Waals surface area contributed by atoms with Crippen LogP contribution < -0.4 is 5.32 Å². The van der Waals surface area contributed by atoms with Crippen molar-refractivity contribution in [3.63, 3.8) is 0 Å². The van der Waals surface area contributed by atoms with Crippen LogP contribution in [-0.4, -0.2) is 12.3 Å². The summed E-state index contributed by atoms with van der Waals surface area (Å²) in [7, 11) is 0. The molecule has 1 atom stereocenters. The third-order valence-corrected chi connectivity index (χ3v) is 4.14. The maximum atomic E-state index is 3.46. The van der Waals surface area contributed by atoms with Crippen molar-refractivity contribution in [1.82, 2.24) is 5.32 Å². The predicted molar refractivity (Wildman–Crippen MR) is 83.3 cm³/mol. The van der Waals surface area contributed by atoms with Gasteiger partial charge in [-0.05, 0) is 49.3 Å². The Bertz CT molecular complexity index is 336. The van der Waals surface area contributed by atoms with E-state index in [1.54, 1.807) is 0 Å². The lowest BCUT2D eigenvalue weighted by Gasteiger charge is -2.13. The molecule has 0 aliphatic carbocycles. The van der Waals surface area contributed by atoms with Gasteiger partial charge in [-0.25, -0.2) is 0 Å². The van der Waals surface area contributed by atoms with Crippen molar-refractivity contribution in [1.29, 1.82) is 0 Å². The van der Waals surface area contributed by atoms with E-state index in [4.69, 9.17) is 0 Å². The molecule has 102 valence electrons. The van der Waals surface area contributed by atoms with E-state index in [9.17, 15) is 0 Å². The maximum absolute atomic E-state index is 3.46. The molecule has 1 unspecified atom stereocenters. The molecule has 1 rings (SSSR count). The Balaban J connectivity index is 2.44. The summed E-state index contributed by atoms with van der Waals surface area (Å²) in [5.74, 6) is 2.06. The lowest BCUT2D eigenvalue weighted by Crippen LogP contribution is -2.17. The fraction of sp³-hybridized carbons (Fsp3) is 0.625. The Hall–Kier alpha value is -0.470. The van der Waals surface area contributed by atoms with Gasteiger partial charge in [-0.2, -0.15) is 0 Å². The maximum Gasteiger partial charge on any atom is 0.0292 e. The van der Waals surface area contributed by atoms with Gasteiger partial charge in [0.25, 0.3) is 0 Å². The average molecular weight is 265 g/mol. The Labute approximate surface area is 117 Å². The molecule has 0 aliphatic rings. The summed E-state index contributed by atoms with van der Waals surface area (Å²) in [4.78, 5) is 1.40. The zero-order valence-electron chi connectivity index (χ0n) is 12.2. The van der Waals surface area contributed by atoms with Crippen LogP contribution in [-0.2, 0) is 0 Å². The van der Waals surface area contributed by atoms with Crippen molar-refractivity contribution >= 4 is 11.8 Å². The first-order chi connectivity index (χ1) is 8.63. The molecule has 0 radical (unpaired) electrons. The highest BCUT2D eigenvalue weighted by Gasteiger charge is 2.04. The number of hydrogen-bond donors (Lipinski definition) is 1. The van der Waals surface area contributed by atoms with Crippen LogP contribution in [0.25, 0.3) is 0 Å². The quantitative estimate of drug-likeness (QED) is 0.531. The van der Waals surface area contributed by atoms with E-state index in [1.165, 1.54) is 29.1 Å². The van der Waals surface area contributed by atoms with Crippen molar-refractivity contribution in [2.45, 2.75) is 51.5 Å². The molecule has 1 N–H and O–H groups in total. The van der Waals surface area contributed by atoms with E-state index in [-0.39, 0.29) is 0 Å². The van der Waals surface area contributed by atoms with Crippen molar-refractivity contribution in [2.75, 3.05) is 12.3 Å². The molecule has 18 heavy (non-hydrogen) atoms. The van der Waals surface area contributed by atoms with Gasteiger partial charge in [-0.3, -0.25) is 0 Å². The molecule has 0 aromatic heterocycles. The zero-order chi connectivity index (χ0) is 13.4. The molecule has 0 aliphatic heterocycles. The van der Waals surface area contributed by atoms with Crippen molar-refractivity contribution < 1.29 is 0 Å². The normalized spacial score (nSPS) is 12.9. The van der Waals surface area contributed by atoms with E-state index >= 15 is 0 Å². The van der Waals surface area contributed by atoms with Crippen molar-refractivity contribution in [2.24, 2.45) is 5.92 Å². The molecule has 2 heteroatoms. The monoisotopic (exact) mass is 265 g/mol. The van der Waals surface area contributed by atoms with Crippen LogP contribution >= 0.6 is 11.8 Å². The molecule has 0 amide bonds. The van der Waals surface area contributed by atoms with Crippen LogP contribution in [0.4, 0.5) is 0 Å². The van der Waals surface area contributed by atoms with Crippen LogP contribution in [0.5, 0.6) is 0 Å². The molecule has 1 nitrogen and oxygen atoms in total. The first kappa shape index (κ1) is 15.6. The summed E-state index contributed by atoms with van der Waals surface area (Å²) in [6, 6.07) is 9.39. The van der Waals surface area contributed by atoms with Crippen LogP contribution in [0.15, 0.2) is 29.2 Å². The SMILES string of the molecule is CCNC(C)c1cccc(SCCCC(C)C)c1. The van der Waals surface area contributed by atoms with Gasteiger partial charge in [-0.15, -0.1) is 11.8 Å². The van der Waals surface area contributed by atoms with Gasteiger partial charge in [0.1, 0.15) is 0 Å². The fourth-order valence-electron chi connectivity index (χ4n) is 1.98. The smallest absolute Gasteiger partial charge is 0.0292 e. The summed E-state index contributed by atoms with van der Waals surface area (Å²) in [5.41, 5.74) is 1.39. The molecule has 0 heterocycles. The first-order valence-corrected chi connectivity index (χ1v) is 8.08. The van der Waals surface area contributed by atoms with Crippen LogP contribution in [0, 0.1) is 5.92 Å². The minimum Gasteiger partial charge on any atom is -0.310 e. The average Bonchev–Trinajstić information content (AvgIpc) is 2.35. The second-order valence-corrected chi connectivity index (χ2v) is 6.40. The summed E-state index contributed by atoms with van der Waals surface area (Å²) in [6.07, 6.45) is 2.65. The second-order valence-electron chi connectivity index (χ2n) is 5.24. The van der Waals surface area contributed by atoms with E-state index in [2.05, 4.69) is 57.3 Å². The molecule has 0 saturated heterocycles. The molecular formula is C16H27NS. The van der Waals surface area contributed by atoms with E-state index < -0.39 is 0 Å². The molecule has 1 aromatic rings. The second kappa shape index (κ2) is 8.60. The summed E-state index contributed by atoms with van der Waals surface area (Å²) in [6.45, 7) is 9.99. The van der Waals surface area contributed by atoms with Gasteiger partial charge in [0, 0.05) is 10.9 Å². The standard InChI is InChI=1S/C16H27NS/c1-5-17-14(4)15-9-6-10-16(12-15)18-11-7-8-13(2)3/h6,9-10,12-14,17H,5,7-8,11H2,1-4H3. The van der Waals surface area contributed by atoms with Crippen LogP contribution in [0.1, 0.15) is 52.1 Å². The zero-order valence-corrected chi connectivity index (χ0v) is 13.0. The number of thioether (sulfide) groups is 1. The minimum absolute atomic E-state index is 0.450. The van der Waals surface area contributed by atoms with Gasteiger partial charge >= 0.3 is 0 Å². The van der Waals surface area contributed by atoms with Crippen molar-refractivity contribution in [3.8, 4) is 0 Å². The van der Waals surface area contributed by atoms with Gasteiger partial charge in [0.15, 0.2) is 0 Å². The van der Waals surface area contributed by atoms with E-state index in [0.29, 0.717) is 6.04 Å². The Morgan fingerprint density at radius 1 is 1.22 bits per heavy atom. The van der Waals surface area contributed by atoms with Crippen LogP contribution in [0.2, 0.25) is 0 Å². The van der Waals surface area contributed by atoms with Gasteiger partial charge in [0.05, 0.1) is 0 Å². The molecule has 0 spiro atoms. The third-order valence-electron chi connectivity index (χ3n) is 3.06. The Morgan fingerprint density at radius 3 is 2.67 bits per heavy atom. The largest absolute Gasteiger partial charge is 0.310 e. The topological polar surface area (TPSA) is 12.0 Å². The molecule has 0 fully saturated rings. The van der Waals surface area contributed by atoms with Crippen molar-refractivity contribution in [3.05, 3.63) is 29.8 Å². The predicted octanol–water partition coefficient (Wildman–Crippen LogP) is 4.89.